The number of hydrogen-bond donors (Lipinski definition) is 1. The SMILES string of the molecule is COC[C@@]1(O)CC[C@H]2[C@@H](CC[C@@H]3[C@@H]2CC[C@]2(C)[C@@H](C(=O)Cc4ncco4)CC[C@@H]32)C1. The van der Waals surface area contributed by atoms with Crippen LogP contribution in [0, 0.1) is 40.9 Å². The normalized spacial score (nSPS) is 45.4. The number of methoxy groups -OCH3 is 1. The molecular weight excluding hydrogens is 378 g/mol. The predicted molar refractivity (Wildman–Crippen MR) is 113 cm³/mol. The van der Waals surface area contributed by atoms with Gasteiger partial charge in [-0.3, -0.25) is 4.79 Å². The minimum Gasteiger partial charge on any atom is -0.449 e. The van der Waals surface area contributed by atoms with Gasteiger partial charge in [-0.1, -0.05) is 6.92 Å². The van der Waals surface area contributed by atoms with Crippen LogP contribution in [-0.2, 0) is 16.0 Å². The summed E-state index contributed by atoms with van der Waals surface area (Å²) in [7, 11) is 1.70. The number of nitrogens with zero attached hydrogens (tertiary/aromatic N) is 1. The summed E-state index contributed by atoms with van der Waals surface area (Å²) >= 11 is 0. The lowest BCUT2D eigenvalue weighted by Crippen LogP contribution is -2.52. The first kappa shape index (κ1) is 20.7. The van der Waals surface area contributed by atoms with E-state index < -0.39 is 5.60 Å². The van der Waals surface area contributed by atoms with E-state index in [1.807, 2.05) is 0 Å². The van der Waals surface area contributed by atoms with Gasteiger partial charge in [0.1, 0.15) is 12.0 Å². The zero-order chi connectivity index (χ0) is 20.9. The lowest BCUT2D eigenvalue weighted by Gasteiger charge is -2.57. The summed E-state index contributed by atoms with van der Waals surface area (Å²) in [6.07, 6.45) is 13.6. The van der Waals surface area contributed by atoms with Crippen LogP contribution in [-0.4, -0.2) is 35.2 Å². The van der Waals surface area contributed by atoms with Crippen molar-refractivity contribution in [3.63, 3.8) is 0 Å². The van der Waals surface area contributed by atoms with E-state index in [2.05, 4.69) is 11.9 Å². The highest BCUT2D eigenvalue weighted by Crippen LogP contribution is 2.64. The lowest BCUT2D eigenvalue weighted by molar-refractivity contribution is -0.136. The Morgan fingerprint density at radius 3 is 2.77 bits per heavy atom. The molecule has 1 heterocycles. The fourth-order valence-electron chi connectivity index (χ4n) is 8.50. The van der Waals surface area contributed by atoms with Crippen LogP contribution in [0.1, 0.15) is 70.6 Å². The number of Topliss-reactive ketones (excluding diaryl/α,β-unsaturated/α-hetero) is 1. The van der Waals surface area contributed by atoms with Crippen molar-refractivity contribution in [3.8, 4) is 0 Å². The zero-order valence-corrected chi connectivity index (χ0v) is 18.5. The molecule has 1 aromatic heterocycles. The Balaban J connectivity index is 1.29. The molecule has 0 radical (unpaired) electrons. The second-order valence-corrected chi connectivity index (χ2v) is 11.1. The molecule has 0 bridgehead atoms. The van der Waals surface area contributed by atoms with E-state index >= 15 is 0 Å². The number of carbonyl (C=O) groups excluding carboxylic acids is 1. The molecule has 5 rings (SSSR count). The average molecular weight is 416 g/mol. The highest BCUT2D eigenvalue weighted by atomic mass is 16.5. The number of aliphatic hydroxyl groups is 1. The molecule has 5 heteroatoms. The van der Waals surface area contributed by atoms with Crippen LogP contribution in [0.3, 0.4) is 0 Å². The molecule has 0 spiro atoms. The quantitative estimate of drug-likeness (QED) is 0.770. The number of carbonyl (C=O) groups is 1. The molecular formula is C25H37NO4. The van der Waals surface area contributed by atoms with E-state index in [0.29, 0.717) is 36.5 Å². The Bertz CT molecular complexity index is 763. The minimum absolute atomic E-state index is 0.142. The maximum Gasteiger partial charge on any atom is 0.201 e. The number of ketones is 1. The number of ether oxygens (including phenoxy) is 1. The third kappa shape index (κ3) is 3.37. The van der Waals surface area contributed by atoms with Crippen molar-refractivity contribution in [2.24, 2.45) is 40.9 Å². The monoisotopic (exact) mass is 415 g/mol. The molecule has 4 fully saturated rings. The van der Waals surface area contributed by atoms with Crippen LogP contribution < -0.4 is 0 Å². The van der Waals surface area contributed by atoms with Gasteiger partial charge in [0.2, 0.25) is 5.89 Å². The van der Waals surface area contributed by atoms with Crippen molar-refractivity contribution in [2.45, 2.75) is 76.7 Å². The molecule has 0 unspecified atom stereocenters. The van der Waals surface area contributed by atoms with Crippen molar-refractivity contribution in [1.82, 2.24) is 4.98 Å². The minimum atomic E-state index is -0.614. The molecule has 8 atom stereocenters. The third-order valence-corrected chi connectivity index (χ3v) is 9.71. The van der Waals surface area contributed by atoms with Crippen LogP contribution in [0.2, 0.25) is 0 Å². The summed E-state index contributed by atoms with van der Waals surface area (Å²) in [6, 6.07) is 0. The lowest BCUT2D eigenvalue weighted by atomic mass is 9.49. The maximum atomic E-state index is 13.2. The van der Waals surface area contributed by atoms with Crippen molar-refractivity contribution in [1.29, 1.82) is 0 Å². The Hall–Kier alpha value is -1.20. The number of rotatable bonds is 5. The van der Waals surface area contributed by atoms with Crippen molar-refractivity contribution in [3.05, 3.63) is 18.4 Å². The van der Waals surface area contributed by atoms with Crippen LogP contribution in [0.4, 0.5) is 0 Å². The molecule has 4 saturated carbocycles. The summed E-state index contributed by atoms with van der Waals surface area (Å²) in [5.74, 6) is 4.68. The topological polar surface area (TPSA) is 72.6 Å². The predicted octanol–water partition coefficient (Wildman–Crippen LogP) is 4.43. The third-order valence-electron chi connectivity index (χ3n) is 9.71. The molecule has 5 nitrogen and oxygen atoms in total. The first-order chi connectivity index (χ1) is 14.4. The summed E-state index contributed by atoms with van der Waals surface area (Å²) < 4.78 is 10.7. The van der Waals surface area contributed by atoms with Crippen LogP contribution in [0.15, 0.2) is 16.9 Å². The fraction of sp³-hybridized carbons (Fsp3) is 0.840. The number of fused-ring (bicyclic) bond motifs is 5. The smallest absolute Gasteiger partial charge is 0.201 e. The molecule has 0 aliphatic heterocycles. The number of oxazole rings is 1. The molecule has 4 aliphatic carbocycles. The number of hydrogen-bond acceptors (Lipinski definition) is 5. The van der Waals surface area contributed by atoms with Gasteiger partial charge in [0.25, 0.3) is 0 Å². The molecule has 1 aromatic rings. The Morgan fingerprint density at radius 2 is 2.00 bits per heavy atom. The van der Waals surface area contributed by atoms with E-state index in [0.717, 1.165) is 43.4 Å². The average Bonchev–Trinajstić information content (AvgIpc) is 3.34. The second kappa shape index (κ2) is 7.74. The van der Waals surface area contributed by atoms with E-state index in [9.17, 15) is 9.90 Å². The molecule has 0 amide bonds. The van der Waals surface area contributed by atoms with E-state index in [-0.39, 0.29) is 11.3 Å². The highest BCUT2D eigenvalue weighted by molar-refractivity contribution is 5.83. The largest absolute Gasteiger partial charge is 0.449 e. The van der Waals surface area contributed by atoms with Gasteiger partial charge in [-0.05, 0) is 92.8 Å². The van der Waals surface area contributed by atoms with Crippen LogP contribution in [0.25, 0.3) is 0 Å². The molecule has 0 aromatic carbocycles. The first-order valence-electron chi connectivity index (χ1n) is 12.1. The Labute approximate surface area is 180 Å². The summed E-state index contributed by atoms with van der Waals surface area (Å²) in [5.41, 5.74) is -0.472. The van der Waals surface area contributed by atoms with Gasteiger partial charge in [-0.25, -0.2) is 4.98 Å². The Morgan fingerprint density at radius 1 is 1.17 bits per heavy atom. The van der Waals surface area contributed by atoms with Crippen LogP contribution >= 0.6 is 0 Å². The molecule has 0 saturated heterocycles. The van der Waals surface area contributed by atoms with Crippen molar-refractivity contribution in [2.75, 3.05) is 13.7 Å². The fourth-order valence-corrected chi connectivity index (χ4v) is 8.50. The summed E-state index contributed by atoms with van der Waals surface area (Å²) in [6.45, 7) is 2.88. The maximum absolute atomic E-state index is 13.2. The van der Waals surface area contributed by atoms with Gasteiger partial charge in [-0.15, -0.1) is 0 Å². The van der Waals surface area contributed by atoms with E-state index in [1.165, 1.54) is 32.1 Å². The molecule has 1 N–H and O–H groups in total. The van der Waals surface area contributed by atoms with E-state index in [4.69, 9.17) is 9.15 Å². The van der Waals surface area contributed by atoms with Crippen molar-refractivity contribution >= 4 is 5.78 Å². The van der Waals surface area contributed by atoms with Gasteiger partial charge in [0, 0.05) is 13.0 Å². The van der Waals surface area contributed by atoms with Crippen molar-refractivity contribution < 1.29 is 19.1 Å². The first-order valence-corrected chi connectivity index (χ1v) is 12.1. The highest BCUT2D eigenvalue weighted by Gasteiger charge is 2.59. The van der Waals surface area contributed by atoms with E-state index in [1.54, 1.807) is 19.6 Å². The van der Waals surface area contributed by atoms with Gasteiger partial charge >= 0.3 is 0 Å². The molecule has 4 aliphatic rings. The summed E-state index contributed by atoms with van der Waals surface area (Å²) in [4.78, 5) is 17.3. The summed E-state index contributed by atoms with van der Waals surface area (Å²) in [5, 5.41) is 10.9. The van der Waals surface area contributed by atoms with Gasteiger partial charge in [0.05, 0.1) is 24.8 Å². The Kier molecular flexibility index (Phi) is 5.34. The standard InChI is InChI=1S/C25H37NO4/c1-24-9-7-18-17-8-10-25(28,15-29-2)14-16(17)3-4-19(18)20(24)5-6-21(24)22(27)13-23-26-11-12-30-23/h11-12,16-21,28H,3-10,13-15H2,1-2H3/t16-,17-,18+,19+,20-,21+,24-,25+/m0/s1. The van der Waals surface area contributed by atoms with Crippen LogP contribution in [0.5, 0.6) is 0 Å². The second-order valence-electron chi connectivity index (χ2n) is 11.1. The van der Waals surface area contributed by atoms with Gasteiger partial charge in [-0.2, -0.15) is 0 Å². The molecule has 30 heavy (non-hydrogen) atoms. The van der Waals surface area contributed by atoms with Gasteiger partial charge in [0.15, 0.2) is 0 Å². The zero-order valence-electron chi connectivity index (χ0n) is 18.5. The number of aromatic nitrogens is 1. The molecule has 166 valence electrons. The van der Waals surface area contributed by atoms with Gasteiger partial charge < -0.3 is 14.3 Å².